The maximum Gasteiger partial charge on any atom is 0.414 e. The molecule has 4 rings (SSSR count). The Labute approximate surface area is 169 Å². The second-order valence-corrected chi connectivity index (χ2v) is 12.3. The van der Waals surface area contributed by atoms with Gasteiger partial charge in [0.1, 0.15) is 33.5 Å². The van der Waals surface area contributed by atoms with Gasteiger partial charge < -0.3 is 10.1 Å². The van der Waals surface area contributed by atoms with Crippen LogP contribution in [0, 0.1) is 5.82 Å². The maximum absolute atomic E-state index is 15.1. The molecule has 0 radical (unpaired) electrons. The maximum atomic E-state index is 15.1. The Morgan fingerprint density at radius 1 is 1.17 bits per heavy atom. The van der Waals surface area contributed by atoms with Gasteiger partial charge in [0.05, 0.1) is 14.5 Å². The van der Waals surface area contributed by atoms with Gasteiger partial charge in [-0.2, -0.15) is 0 Å². The average molecular weight is 424 g/mol. The summed E-state index contributed by atoms with van der Waals surface area (Å²) in [5.74, 6) is -0.0728. The van der Waals surface area contributed by atoms with Crippen LogP contribution in [0.5, 0.6) is 0 Å². The van der Waals surface area contributed by atoms with Crippen LogP contribution in [0.15, 0.2) is 21.5 Å². The second kappa shape index (κ2) is 5.68. The van der Waals surface area contributed by atoms with Crippen LogP contribution >= 0.6 is 0 Å². The predicted octanol–water partition coefficient (Wildman–Crippen LogP) is 3.14. The van der Waals surface area contributed by atoms with Crippen LogP contribution in [0.4, 0.5) is 15.0 Å². The van der Waals surface area contributed by atoms with E-state index in [-0.39, 0.29) is 11.5 Å². The van der Waals surface area contributed by atoms with Crippen molar-refractivity contribution in [3.8, 4) is 0 Å². The Morgan fingerprint density at radius 2 is 1.86 bits per heavy atom. The van der Waals surface area contributed by atoms with E-state index in [1.165, 1.54) is 12.1 Å². The van der Waals surface area contributed by atoms with Gasteiger partial charge in [0.2, 0.25) is 0 Å². The Balaban J connectivity index is 2.10. The number of aromatic nitrogens is 1. The lowest BCUT2D eigenvalue weighted by Crippen LogP contribution is -2.66. The number of rotatable bonds is 0. The Hall–Kier alpha value is -2.23. The fourth-order valence-corrected chi connectivity index (χ4v) is 8.03. The molecular weight excluding hydrogens is 397 g/mol. The van der Waals surface area contributed by atoms with Gasteiger partial charge in [-0.25, -0.2) is 22.7 Å². The first-order valence-electron chi connectivity index (χ1n) is 9.53. The summed E-state index contributed by atoms with van der Waals surface area (Å²) in [5.41, 5.74) is -2.37. The molecule has 10 heteroatoms. The van der Waals surface area contributed by atoms with Crippen LogP contribution in [0.1, 0.15) is 53.7 Å². The number of aliphatic imine (C=N–C) groups is 1. The minimum absolute atomic E-state index is 0.0646. The Bertz CT molecular complexity index is 1080. The third kappa shape index (κ3) is 2.47. The summed E-state index contributed by atoms with van der Waals surface area (Å²) in [5, 5.41) is 5.67. The van der Waals surface area contributed by atoms with E-state index in [1.807, 2.05) is 6.92 Å². The summed E-state index contributed by atoms with van der Waals surface area (Å²) in [6.07, 6.45) is -0.284. The van der Waals surface area contributed by atoms with Crippen molar-refractivity contribution in [1.82, 2.24) is 10.3 Å². The summed E-state index contributed by atoms with van der Waals surface area (Å²) < 4.78 is 37.4. The highest BCUT2D eigenvalue weighted by Gasteiger charge is 2.65. The first kappa shape index (κ1) is 20.1. The summed E-state index contributed by atoms with van der Waals surface area (Å²) in [4.78, 5) is 21.9. The molecule has 158 valence electrons. The number of anilines is 1. The number of amides is 1. The molecule has 1 amide bonds. The largest absolute Gasteiger partial charge is 0.423 e. The number of halogens is 1. The average Bonchev–Trinajstić information content (AvgIpc) is 2.91. The molecule has 1 aromatic heterocycles. The molecule has 4 heterocycles. The van der Waals surface area contributed by atoms with E-state index in [1.54, 1.807) is 34.6 Å². The molecule has 29 heavy (non-hydrogen) atoms. The number of carbonyl (C=O) groups is 1. The molecule has 1 aromatic rings. The molecule has 8 nitrogen and oxygen atoms in total. The zero-order valence-electron chi connectivity index (χ0n) is 17.4. The first-order valence-corrected chi connectivity index (χ1v) is 11.0. The van der Waals surface area contributed by atoms with E-state index in [9.17, 15) is 9.00 Å². The Kier molecular flexibility index (Phi) is 3.93. The number of pyridine rings is 1. The molecule has 0 fully saturated rings. The number of carbonyl (C=O) groups excluding carboxylic acids is 1. The molecule has 2 N–H and O–H groups in total. The molecular formula is C19H26FN5O3S. The van der Waals surface area contributed by atoms with Gasteiger partial charge in [0, 0.05) is 6.54 Å². The first-order chi connectivity index (χ1) is 13.3. The normalized spacial score (nSPS) is 36.9. The lowest BCUT2D eigenvalue weighted by molar-refractivity contribution is 0.0623. The summed E-state index contributed by atoms with van der Waals surface area (Å²) in [7, 11) is -2.97. The van der Waals surface area contributed by atoms with Crippen molar-refractivity contribution in [2.45, 2.75) is 68.7 Å². The molecule has 0 aliphatic carbocycles. The molecule has 3 aliphatic heterocycles. The molecule has 0 spiro atoms. The van der Waals surface area contributed by atoms with Crippen LogP contribution in [-0.2, 0) is 20.0 Å². The number of nitrogens with one attached hydrogen (secondary N) is 2. The zero-order chi connectivity index (χ0) is 21.5. The van der Waals surface area contributed by atoms with Gasteiger partial charge in [-0.15, -0.1) is 0 Å². The number of nitrogens with zero attached hydrogens (tertiary/aromatic N) is 3. The highest BCUT2D eigenvalue weighted by molar-refractivity contribution is 7.97. The van der Waals surface area contributed by atoms with E-state index < -0.39 is 42.4 Å². The van der Waals surface area contributed by atoms with Gasteiger partial charge in [-0.3, -0.25) is 10.3 Å². The van der Waals surface area contributed by atoms with Gasteiger partial charge >= 0.3 is 6.09 Å². The van der Waals surface area contributed by atoms with E-state index in [4.69, 9.17) is 9.73 Å². The quantitative estimate of drug-likeness (QED) is 0.667. The van der Waals surface area contributed by atoms with E-state index in [0.717, 1.165) is 0 Å². The predicted molar refractivity (Wildman–Crippen MR) is 109 cm³/mol. The molecule has 0 unspecified atom stereocenters. The van der Waals surface area contributed by atoms with E-state index in [0.29, 0.717) is 18.8 Å². The highest BCUT2D eigenvalue weighted by atomic mass is 32.2. The SMILES string of the molecule is CC1(C)Nc2ccc(F)c(n2)[C@@]2(C)N=C(NC(=O)O1)C(C)(C)[S@]1(=O)=NCC[C@]21C. The fraction of sp³-hybridized carbons (Fsp3) is 0.632. The smallest absolute Gasteiger partial charge is 0.414 e. The van der Waals surface area contributed by atoms with Gasteiger partial charge in [0.15, 0.2) is 5.72 Å². The molecule has 3 aliphatic rings. The number of fused-ring (bicyclic) bond motifs is 6. The number of amidine groups is 1. The van der Waals surface area contributed by atoms with Crippen molar-refractivity contribution in [2.75, 3.05) is 11.9 Å². The third-order valence-electron chi connectivity index (χ3n) is 6.40. The third-order valence-corrected chi connectivity index (χ3v) is 10.4. The lowest BCUT2D eigenvalue weighted by Gasteiger charge is -2.51. The zero-order valence-corrected chi connectivity index (χ0v) is 18.2. The standard InChI is InChI=1S/C19H26FN5O3S/c1-16(2)14-23-15(26)28-17(3,4)24-12-8-7-11(20)13(22-12)19(6,25-14)18(5)9-10-21-29(16,18)27/h7-8H,9-10H2,1-6H3,(H,22,24)(H,23,25,26)/t18-,19-,29-/m1/s1. The number of hydrogen-bond acceptors (Lipinski definition) is 7. The van der Waals surface area contributed by atoms with Crippen molar-refractivity contribution in [3.63, 3.8) is 0 Å². The summed E-state index contributed by atoms with van der Waals surface area (Å²) in [6, 6.07) is 2.77. The van der Waals surface area contributed by atoms with Crippen LogP contribution in [0.25, 0.3) is 0 Å². The lowest BCUT2D eigenvalue weighted by atomic mass is 9.80. The number of cyclic esters (lactones) is 1. The number of ether oxygens (including phenoxy) is 1. The number of alkyl carbamates (subject to hydrolysis) is 1. The van der Waals surface area contributed by atoms with Crippen molar-refractivity contribution in [3.05, 3.63) is 23.6 Å². The monoisotopic (exact) mass is 423 g/mol. The van der Waals surface area contributed by atoms with Crippen molar-refractivity contribution in [1.29, 1.82) is 0 Å². The van der Waals surface area contributed by atoms with Crippen LogP contribution in [0.3, 0.4) is 0 Å². The van der Waals surface area contributed by atoms with Crippen molar-refractivity contribution >= 4 is 27.5 Å². The van der Waals surface area contributed by atoms with Crippen molar-refractivity contribution in [2.24, 2.45) is 9.36 Å². The fourth-order valence-electron chi connectivity index (χ4n) is 4.54. The molecule has 0 aromatic carbocycles. The van der Waals surface area contributed by atoms with Crippen LogP contribution in [-0.4, -0.2) is 42.9 Å². The summed E-state index contributed by atoms with van der Waals surface area (Å²) in [6.45, 7) is 10.7. The van der Waals surface area contributed by atoms with Crippen LogP contribution < -0.4 is 10.6 Å². The van der Waals surface area contributed by atoms with Crippen molar-refractivity contribution < 1.29 is 18.1 Å². The minimum Gasteiger partial charge on any atom is -0.423 e. The topological polar surface area (TPSA) is 105 Å². The molecule has 3 atom stereocenters. The molecule has 4 bridgehead atoms. The number of hydrogen-bond donors (Lipinski definition) is 2. The highest BCUT2D eigenvalue weighted by Crippen LogP contribution is 2.55. The van der Waals surface area contributed by atoms with Gasteiger partial charge in [-0.1, -0.05) is 0 Å². The molecule has 0 saturated heterocycles. The molecule has 0 saturated carbocycles. The van der Waals surface area contributed by atoms with E-state index in [2.05, 4.69) is 20.0 Å². The van der Waals surface area contributed by atoms with Crippen LogP contribution in [0.2, 0.25) is 0 Å². The Morgan fingerprint density at radius 3 is 2.55 bits per heavy atom. The van der Waals surface area contributed by atoms with E-state index >= 15 is 4.39 Å². The van der Waals surface area contributed by atoms with Gasteiger partial charge in [0.25, 0.3) is 0 Å². The second-order valence-electron chi connectivity index (χ2n) is 9.08. The van der Waals surface area contributed by atoms with Gasteiger partial charge in [-0.05, 0) is 60.1 Å². The summed E-state index contributed by atoms with van der Waals surface area (Å²) >= 11 is 0. The minimum atomic E-state index is -2.97.